The van der Waals surface area contributed by atoms with Crippen molar-refractivity contribution in [3.8, 4) is 16.9 Å². The van der Waals surface area contributed by atoms with Crippen LogP contribution < -0.4 is 15.7 Å². The van der Waals surface area contributed by atoms with Gasteiger partial charge in [0.15, 0.2) is 0 Å². The van der Waals surface area contributed by atoms with Crippen molar-refractivity contribution < 1.29 is 23.5 Å². The first-order valence-electron chi connectivity index (χ1n) is 10.7. The number of aryl methyl sites for hydroxylation is 1. The van der Waals surface area contributed by atoms with Gasteiger partial charge in [-0.3, -0.25) is 0 Å². The van der Waals surface area contributed by atoms with E-state index in [9.17, 15) is 14.4 Å². The fourth-order valence-electron chi connectivity index (χ4n) is 3.51. The molecular weight excluding hydrogens is 434 g/mol. The first-order chi connectivity index (χ1) is 16.4. The number of esters is 1. The van der Waals surface area contributed by atoms with Crippen molar-refractivity contribution in [3.63, 3.8) is 0 Å². The summed E-state index contributed by atoms with van der Waals surface area (Å²) in [6, 6.07) is 22.5. The molecule has 0 spiro atoms. The Balaban J connectivity index is 1.48. The summed E-state index contributed by atoms with van der Waals surface area (Å²) < 4.78 is 16.1. The first-order valence-corrected chi connectivity index (χ1v) is 10.7. The molecule has 3 aromatic carbocycles. The van der Waals surface area contributed by atoms with E-state index in [-0.39, 0.29) is 12.4 Å². The maximum Gasteiger partial charge on any atom is 0.408 e. The molecule has 7 nitrogen and oxygen atoms in total. The van der Waals surface area contributed by atoms with Crippen LogP contribution in [0.25, 0.3) is 22.1 Å². The summed E-state index contributed by atoms with van der Waals surface area (Å²) in [7, 11) is 0. The number of benzene rings is 3. The van der Waals surface area contributed by atoms with Crippen molar-refractivity contribution in [1.82, 2.24) is 5.32 Å². The van der Waals surface area contributed by atoms with Gasteiger partial charge in [0.05, 0.1) is 0 Å². The Bertz CT molecular complexity index is 1380. The zero-order chi connectivity index (χ0) is 24.1. The number of ether oxygens (including phenoxy) is 2. The Morgan fingerprint density at radius 1 is 0.971 bits per heavy atom. The van der Waals surface area contributed by atoms with Crippen molar-refractivity contribution in [3.05, 3.63) is 100 Å². The quantitative estimate of drug-likeness (QED) is 0.249. The van der Waals surface area contributed by atoms with Gasteiger partial charge in [-0.1, -0.05) is 60.7 Å². The summed E-state index contributed by atoms with van der Waals surface area (Å²) >= 11 is 0. The molecule has 0 bridgehead atoms. The van der Waals surface area contributed by atoms with Crippen molar-refractivity contribution in [2.24, 2.45) is 0 Å². The highest BCUT2D eigenvalue weighted by Crippen LogP contribution is 2.33. The molecule has 4 aromatic rings. The lowest BCUT2D eigenvalue weighted by molar-refractivity contribution is -0.136. The van der Waals surface area contributed by atoms with Gasteiger partial charge in [-0.15, -0.1) is 0 Å². The van der Waals surface area contributed by atoms with Gasteiger partial charge in [0.2, 0.25) is 0 Å². The third-order valence-corrected chi connectivity index (χ3v) is 5.31. The van der Waals surface area contributed by atoms with Crippen LogP contribution in [0.2, 0.25) is 0 Å². The average Bonchev–Trinajstić information content (AvgIpc) is 2.85. The van der Waals surface area contributed by atoms with Crippen LogP contribution >= 0.6 is 0 Å². The number of fused-ring (bicyclic) bond motifs is 1. The van der Waals surface area contributed by atoms with Crippen LogP contribution in [0.4, 0.5) is 4.79 Å². The lowest BCUT2D eigenvalue weighted by Crippen LogP contribution is -2.41. The third kappa shape index (κ3) is 5.15. The van der Waals surface area contributed by atoms with Gasteiger partial charge in [-0.2, -0.15) is 0 Å². The molecule has 0 aliphatic rings. The van der Waals surface area contributed by atoms with Crippen molar-refractivity contribution >= 4 is 23.0 Å². The van der Waals surface area contributed by atoms with E-state index >= 15 is 0 Å². The van der Waals surface area contributed by atoms with Gasteiger partial charge >= 0.3 is 17.7 Å². The molecule has 0 aliphatic carbocycles. The summed E-state index contributed by atoms with van der Waals surface area (Å²) in [6.45, 7) is 3.28. The lowest BCUT2D eigenvalue weighted by Gasteiger charge is -2.15. The predicted octanol–water partition coefficient (Wildman–Crippen LogP) is 4.99. The molecule has 4 rings (SSSR count). The van der Waals surface area contributed by atoms with Crippen LogP contribution in [0.5, 0.6) is 5.75 Å². The average molecular weight is 457 g/mol. The molecule has 1 unspecified atom stereocenters. The second-order valence-electron chi connectivity index (χ2n) is 7.76. The fourth-order valence-corrected chi connectivity index (χ4v) is 3.51. The highest BCUT2D eigenvalue weighted by molar-refractivity contribution is 5.96. The fraction of sp³-hybridized carbons (Fsp3) is 0.148. The largest absolute Gasteiger partial charge is 0.445 e. The van der Waals surface area contributed by atoms with E-state index in [2.05, 4.69) is 5.32 Å². The molecule has 1 heterocycles. The Morgan fingerprint density at radius 3 is 2.35 bits per heavy atom. The van der Waals surface area contributed by atoms with E-state index in [0.29, 0.717) is 11.1 Å². The van der Waals surface area contributed by atoms with Gasteiger partial charge in [0, 0.05) is 17.0 Å². The van der Waals surface area contributed by atoms with Gasteiger partial charge in [0.25, 0.3) is 0 Å². The smallest absolute Gasteiger partial charge is 0.408 e. The van der Waals surface area contributed by atoms with Crippen LogP contribution in [-0.4, -0.2) is 18.1 Å². The topological polar surface area (TPSA) is 94.8 Å². The highest BCUT2D eigenvalue weighted by atomic mass is 16.6. The molecule has 0 saturated carbocycles. The van der Waals surface area contributed by atoms with Crippen molar-refractivity contribution in [1.29, 1.82) is 0 Å². The monoisotopic (exact) mass is 457 g/mol. The number of alkyl carbamates (subject to hydrolysis) is 1. The number of nitrogens with one attached hydrogen (secondary N) is 1. The Kier molecular flexibility index (Phi) is 6.73. The predicted molar refractivity (Wildman–Crippen MR) is 128 cm³/mol. The molecule has 1 N–H and O–H groups in total. The molecule has 1 aromatic heterocycles. The van der Waals surface area contributed by atoms with Crippen LogP contribution in [0, 0.1) is 6.92 Å². The van der Waals surface area contributed by atoms with E-state index in [4.69, 9.17) is 13.9 Å². The van der Waals surface area contributed by atoms with E-state index in [1.165, 1.54) is 13.0 Å². The Morgan fingerprint density at radius 2 is 1.65 bits per heavy atom. The van der Waals surface area contributed by atoms with Crippen LogP contribution in [-0.2, 0) is 16.1 Å². The van der Waals surface area contributed by atoms with Crippen molar-refractivity contribution in [2.75, 3.05) is 0 Å². The second-order valence-corrected chi connectivity index (χ2v) is 7.76. The summed E-state index contributed by atoms with van der Waals surface area (Å²) in [6.07, 6.45) is -0.734. The van der Waals surface area contributed by atoms with Crippen LogP contribution in [0.1, 0.15) is 18.1 Å². The molecular formula is C27H23NO6. The number of carbonyl (C=O) groups is 2. The van der Waals surface area contributed by atoms with Gasteiger partial charge < -0.3 is 19.2 Å². The number of rotatable bonds is 6. The molecule has 7 heteroatoms. The number of hydrogen-bond donors (Lipinski definition) is 1. The minimum Gasteiger partial charge on any atom is -0.445 e. The van der Waals surface area contributed by atoms with E-state index in [0.717, 1.165) is 22.1 Å². The molecule has 0 fully saturated rings. The van der Waals surface area contributed by atoms with E-state index in [1.54, 1.807) is 19.1 Å². The molecule has 172 valence electrons. The van der Waals surface area contributed by atoms with E-state index in [1.807, 2.05) is 60.7 Å². The second kappa shape index (κ2) is 10.0. The molecule has 0 aliphatic heterocycles. The zero-order valence-electron chi connectivity index (χ0n) is 18.7. The summed E-state index contributed by atoms with van der Waals surface area (Å²) in [5.74, 6) is -0.446. The zero-order valence-corrected chi connectivity index (χ0v) is 18.7. The maximum absolute atomic E-state index is 12.6. The summed E-state index contributed by atoms with van der Waals surface area (Å²) in [4.78, 5) is 36.8. The minimum absolute atomic E-state index is 0.0843. The van der Waals surface area contributed by atoms with Gasteiger partial charge in [0.1, 0.15) is 24.0 Å². The van der Waals surface area contributed by atoms with Crippen molar-refractivity contribution in [2.45, 2.75) is 26.5 Å². The molecule has 0 radical (unpaired) electrons. The highest BCUT2D eigenvalue weighted by Gasteiger charge is 2.21. The van der Waals surface area contributed by atoms with Gasteiger partial charge in [-0.05, 0) is 42.7 Å². The maximum atomic E-state index is 12.6. The molecule has 1 atom stereocenters. The van der Waals surface area contributed by atoms with Gasteiger partial charge in [-0.25, -0.2) is 14.4 Å². The number of hydrogen-bond acceptors (Lipinski definition) is 6. The van der Waals surface area contributed by atoms with E-state index < -0.39 is 23.7 Å². The molecule has 1 amide bonds. The molecule has 0 saturated heterocycles. The summed E-state index contributed by atoms with van der Waals surface area (Å²) in [5, 5.41) is 3.18. The SMILES string of the molecule is Cc1c(OC(=O)C(C)NC(=O)OCc2ccccc2)ccc2c(-c3ccccc3)cc(=O)oc12. The Hall–Kier alpha value is -4.39. The van der Waals surface area contributed by atoms with Crippen LogP contribution in [0.3, 0.4) is 0 Å². The third-order valence-electron chi connectivity index (χ3n) is 5.31. The minimum atomic E-state index is -0.957. The van der Waals surface area contributed by atoms with Crippen LogP contribution in [0.15, 0.2) is 88.1 Å². The lowest BCUT2D eigenvalue weighted by atomic mass is 10.0. The number of amides is 1. The standard InChI is InChI=1S/C27H23NO6/c1-17-23(33-26(30)18(2)28-27(31)32-16-19-9-5-3-6-10-19)14-13-21-22(15-24(29)34-25(17)21)20-11-7-4-8-12-20/h3-15,18H,16H2,1-2H3,(H,28,31). The molecule has 34 heavy (non-hydrogen) atoms. The first kappa shape index (κ1) is 22.8. The summed E-state index contributed by atoms with van der Waals surface area (Å²) in [5.41, 5.74) is 2.75. The Labute approximate surface area is 195 Å². The normalized spacial score (nSPS) is 11.6. The number of carbonyl (C=O) groups excluding carboxylic acids is 2.